The lowest BCUT2D eigenvalue weighted by atomic mass is 9.98. The molecule has 7 aromatic rings. The van der Waals surface area contributed by atoms with Crippen LogP contribution in [-0.4, -0.2) is 9.97 Å². The van der Waals surface area contributed by atoms with Gasteiger partial charge in [-0.05, 0) is 41.5 Å². The molecule has 0 N–H and O–H groups in total. The highest BCUT2D eigenvalue weighted by Crippen LogP contribution is 2.38. The highest BCUT2D eigenvalue weighted by Gasteiger charge is 2.15. The summed E-state index contributed by atoms with van der Waals surface area (Å²) >= 11 is 0. The molecule has 0 saturated heterocycles. The fourth-order valence-electron chi connectivity index (χ4n) is 4.65. The highest BCUT2D eigenvalue weighted by molar-refractivity contribution is 6.13. The molecule has 3 heteroatoms. The monoisotopic (exact) mass is 479 g/mol. The van der Waals surface area contributed by atoms with Crippen LogP contribution < -0.4 is 0 Å². The van der Waals surface area contributed by atoms with Crippen LogP contribution in [0.1, 0.15) is 6.85 Å². The molecule has 0 saturated carbocycles. The van der Waals surface area contributed by atoms with E-state index in [1.54, 1.807) is 12.1 Å². The zero-order valence-electron chi connectivity index (χ0n) is 24.6. The maximum Gasteiger partial charge on any atom is 0.160 e. The van der Waals surface area contributed by atoms with Gasteiger partial charge in [0, 0.05) is 27.5 Å². The van der Waals surface area contributed by atoms with Gasteiger partial charge in [0.2, 0.25) is 0 Å². The highest BCUT2D eigenvalue weighted by atomic mass is 16.3. The number of nitrogens with zero attached hydrogens (tertiary/aromatic N) is 2. The first-order chi connectivity index (χ1) is 20.4. The predicted molar refractivity (Wildman–Crippen MR) is 151 cm³/mol. The van der Waals surface area contributed by atoms with Crippen LogP contribution in [0.5, 0.6) is 0 Å². The minimum absolute atomic E-state index is 0.133. The Labute approximate surface area is 221 Å². The van der Waals surface area contributed by atoms with Crippen molar-refractivity contribution in [2.75, 3.05) is 0 Å². The van der Waals surface area contributed by atoms with Crippen LogP contribution in [0.3, 0.4) is 0 Å². The second-order valence-corrected chi connectivity index (χ2v) is 8.69. The topological polar surface area (TPSA) is 38.9 Å². The summed E-state index contributed by atoms with van der Waals surface area (Å²) in [4.78, 5) is 9.88. The number of furan rings is 1. The van der Waals surface area contributed by atoms with Crippen molar-refractivity contribution in [2.45, 2.75) is 0 Å². The summed E-state index contributed by atoms with van der Waals surface area (Å²) < 4.78 is 47.7. The Morgan fingerprint density at radius 3 is 1.89 bits per heavy atom. The van der Waals surface area contributed by atoms with Gasteiger partial charge in [-0.1, -0.05) is 103 Å². The summed E-state index contributed by atoms with van der Waals surface area (Å²) in [6.07, 6.45) is 0. The SMILES string of the molecule is [2H]c1c([2H])c([2H])c(-c2cccc3oc4ccc(-c5nc(-c6ccccc6)cc(-c6ccccc6)n5)cc4c23)c([2H])c1[2H]. The summed E-state index contributed by atoms with van der Waals surface area (Å²) in [5.41, 5.74) is 6.07. The lowest BCUT2D eigenvalue weighted by Crippen LogP contribution is -1.95. The molecular formula is C34H22N2O. The van der Waals surface area contributed by atoms with E-state index < -0.39 is 6.04 Å². The average molecular weight is 480 g/mol. The van der Waals surface area contributed by atoms with Crippen LogP contribution in [-0.2, 0) is 0 Å². The van der Waals surface area contributed by atoms with Gasteiger partial charge in [0.05, 0.1) is 18.2 Å². The van der Waals surface area contributed by atoms with Crippen LogP contribution >= 0.6 is 0 Å². The van der Waals surface area contributed by atoms with E-state index in [9.17, 15) is 0 Å². The molecule has 5 aromatic carbocycles. The van der Waals surface area contributed by atoms with Crippen molar-refractivity contribution in [3.63, 3.8) is 0 Å². The lowest BCUT2D eigenvalue weighted by Gasteiger charge is -2.09. The van der Waals surface area contributed by atoms with E-state index >= 15 is 0 Å². The molecule has 0 amide bonds. The van der Waals surface area contributed by atoms with Gasteiger partial charge in [-0.15, -0.1) is 0 Å². The lowest BCUT2D eigenvalue weighted by molar-refractivity contribution is 0.669. The zero-order chi connectivity index (χ0) is 29.0. The van der Waals surface area contributed by atoms with Crippen LogP contribution in [0.2, 0.25) is 0 Å². The first-order valence-corrected chi connectivity index (χ1v) is 11.9. The largest absolute Gasteiger partial charge is 0.456 e. The van der Waals surface area contributed by atoms with E-state index in [0.717, 1.165) is 33.5 Å². The third-order valence-corrected chi connectivity index (χ3v) is 6.39. The Morgan fingerprint density at radius 2 is 1.22 bits per heavy atom. The molecule has 0 radical (unpaired) electrons. The van der Waals surface area contributed by atoms with E-state index in [4.69, 9.17) is 21.2 Å². The number of hydrogen-bond donors (Lipinski definition) is 0. The molecule has 0 unspecified atom stereocenters. The number of fused-ring (bicyclic) bond motifs is 3. The molecule has 174 valence electrons. The van der Waals surface area contributed by atoms with Crippen molar-refractivity contribution in [1.82, 2.24) is 9.97 Å². The third-order valence-electron chi connectivity index (χ3n) is 6.39. The maximum atomic E-state index is 8.57. The minimum Gasteiger partial charge on any atom is -0.456 e. The van der Waals surface area contributed by atoms with Crippen molar-refractivity contribution in [3.8, 4) is 45.0 Å². The molecule has 0 aliphatic carbocycles. The van der Waals surface area contributed by atoms with Crippen LogP contribution in [0.25, 0.3) is 67.0 Å². The molecule has 2 aromatic heterocycles. The van der Waals surface area contributed by atoms with E-state index in [2.05, 4.69) is 0 Å². The summed E-state index contributed by atoms with van der Waals surface area (Å²) in [6.45, 7) is 0. The van der Waals surface area contributed by atoms with Crippen molar-refractivity contribution < 1.29 is 11.3 Å². The second kappa shape index (κ2) is 8.89. The first kappa shape index (κ1) is 16.6. The van der Waals surface area contributed by atoms with Gasteiger partial charge < -0.3 is 4.42 Å². The fraction of sp³-hybridized carbons (Fsp3) is 0. The van der Waals surface area contributed by atoms with Crippen molar-refractivity contribution >= 4 is 21.9 Å². The standard InChI is InChI=1S/C34H22N2O/c1-4-11-23(12-5-1)27-17-10-18-32-33(27)28-21-26(19-20-31(28)37-32)34-35-29(24-13-6-2-7-14-24)22-30(36-34)25-15-8-3-9-16-25/h1-22H/i1D,4D,5D,11D,12D. The van der Waals surface area contributed by atoms with Crippen LogP contribution in [0, 0.1) is 0 Å². The number of hydrogen-bond acceptors (Lipinski definition) is 3. The molecule has 0 aliphatic heterocycles. The summed E-state index contributed by atoms with van der Waals surface area (Å²) in [6, 6.07) is 31.2. The Balaban J connectivity index is 1.48. The predicted octanol–water partition coefficient (Wildman–Crippen LogP) is 9.04. The molecule has 37 heavy (non-hydrogen) atoms. The van der Waals surface area contributed by atoms with E-state index in [0.29, 0.717) is 27.9 Å². The van der Waals surface area contributed by atoms with Gasteiger partial charge in [-0.3, -0.25) is 0 Å². The molecular weight excluding hydrogens is 452 g/mol. The van der Waals surface area contributed by atoms with Gasteiger partial charge in [-0.25, -0.2) is 9.97 Å². The summed E-state index contributed by atoms with van der Waals surface area (Å²) in [5.74, 6) is 0.534. The molecule has 2 heterocycles. The molecule has 0 fully saturated rings. The quantitative estimate of drug-likeness (QED) is 0.253. The molecule has 7 rings (SSSR count). The second-order valence-electron chi connectivity index (χ2n) is 8.69. The number of aromatic nitrogens is 2. The minimum atomic E-state index is -0.426. The molecule has 0 aliphatic rings. The van der Waals surface area contributed by atoms with Crippen LogP contribution in [0.4, 0.5) is 0 Å². The van der Waals surface area contributed by atoms with Gasteiger partial charge in [0.25, 0.3) is 0 Å². The number of rotatable bonds is 4. The Morgan fingerprint density at radius 1 is 0.541 bits per heavy atom. The van der Waals surface area contributed by atoms with Crippen molar-refractivity contribution in [1.29, 1.82) is 0 Å². The maximum absolute atomic E-state index is 8.57. The van der Waals surface area contributed by atoms with Crippen LogP contribution in [0.15, 0.2) is 138 Å². The molecule has 3 nitrogen and oxygen atoms in total. The Kier molecular flexibility index (Phi) is 3.99. The fourth-order valence-corrected chi connectivity index (χ4v) is 4.65. The average Bonchev–Trinajstić information content (AvgIpc) is 3.42. The van der Waals surface area contributed by atoms with Crippen molar-refractivity contribution in [3.05, 3.63) is 133 Å². The van der Waals surface area contributed by atoms with E-state index in [1.807, 2.05) is 91.0 Å². The summed E-state index contributed by atoms with van der Waals surface area (Å²) in [7, 11) is 0. The van der Waals surface area contributed by atoms with Crippen molar-refractivity contribution in [2.24, 2.45) is 0 Å². The van der Waals surface area contributed by atoms with Gasteiger partial charge in [0.15, 0.2) is 5.82 Å². The van der Waals surface area contributed by atoms with E-state index in [-0.39, 0.29) is 29.7 Å². The van der Waals surface area contributed by atoms with Gasteiger partial charge in [-0.2, -0.15) is 0 Å². The molecule has 0 spiro atoms. The Hall–Kier alpha value is -5.02. The molecule has 0 bridgehead atoms. The normalized spacial score (nSPS) is 13.1. The first-order valence-electron chi connectivity index (χ1n) is 14.4. The smallest absolute Gasteiger partial charge is 0.160 e. The summed E-state index contributed by atoms with van der Waals surface area (Å²) in [5, 5.41) is 1.40. The van der Waals surface area contributed by atoms with E-state index in [1.165, 1.54) is 0 Å². The zero-order valence-corrected chi connectivity index (χ0v) is 19.6. The molecule has 0 atom stereocenters. The van der Waals surface area contributed by atoms with Gasteiger partial charge in [0.1, 0.15) is 11.2 Å². The number of benzene rings is 5. The Bertz CT molecular complexity index is 2060. The third kappa shape index (κ3) is 3.87. The van der Waals surface area contributed by atoms with Gasteiger partial charge >= 0.3 is 0 Å².